The first kappa shape index (κ1) is 27.8. The number of carbonyl (C=O) groups excluding carboxylic acids is 3. The number of alkyl carbamates (subject to hydrolysis) is 1. The lowest BCUT2D eigenvalue weighted by atomic mass is 9.94. The number of rotatable bonds is 8. The van der Waals surface area contributed by atoms with E-state index in [0.717, 1.165) is 37.7 Å². The smallest absolute Gasteiger partial charge is 0.407 e. The topological polar surface area (TPSA) is 129 Å². The summed E-state index contributed by atoms with van der Waals surface area (Å²) in [4.78, 5) is 52.3. The highest BCUT2D eigenvalue weighted by molar-refractivity contribution is 6.09. The van der Waals surface area contributed by atoms with E-state index in [2.05, 4.69) is 25.6 Å². The van der Waals surface area contributed by atoms with Gasteiger partial charge < -0.3 is 20.4 Å². The van der Waals surface area contributed by atoms with Crippen molar-refractivity contribution in [1.29, 1.82) is 0 Å². The van der Waals surface area contributed by atoms with E-state index in [9.17, 15) is 14.4 Å². The maximum atomic E-state index is 13.8. The van der Waals surface area contributed by atoms with Crippen LogP contribution in [-0.4, -0.2) is 44.5 Å². The largest absolute Gasteiger partial charge is 0.444 e. The first-order valence-electron chi connectivity index (χ1n) is 13.3. The van der Waals surface area contributed by atoms with Crippen LogP contribution >= 0.6 is 0 Å². The Morgan fingerprint density at radius 2 is 1.79 bits per heavy atom. The predicted octanol–water partition coefficient (Wildman–Crippen LogP) is 4.67. The molecule has 2 heterocycles. The van der Waals surface area contributed by atoms with E-state index in [4.69, 9.17) is 4.74 Å². The highest BCUT2D eigenvalue weighted by atomic mass is 16.6. The second-order valence-corrected chi connectivity index (χ2v) is 10.7. The summed E-state index contributed by atoms with van der Waals surface area (Å²) in [5, 5.41) is 5.92. The summed E-state index contributed by atoms with van der Waals surface area (Å²) < 4.78 is 5.30. The molecule has 1 aromatic carbocycles. The van der Waals surface area contributed by atoms with Gasteiger partial charge >= 0.3 is 6.09 Å². The standard InChI is InChI=1S/C29H36N6O4/c1-29(2,3)39-28(38)32-16-20-11-13-23(14-12-20)35(27(37)24-18-31-19-33-24)25(21-8-7-15-30-17-21)26(36)34-22-9-5-4-6-10-22/h7-8,11-15,17-19,22,25H,4-6,9-10,16H2,1-3H3,(H,31,33)(H,32,38)(H,34,36). The van der Waals surface area contributed by atoms with Gasteiger partial charge in [0.05, 0.1) is 12.5 Å². The molecule has 0 radical (unpaired) electrons. The molecule has 3 N–H and O–H groups in total. The zero-order valence-corrected chi connectivity index (χ0v) is 22.6. The first-order valence-corrected chi connectivity index (χ1v) is 13.3. The minimum absolute atomic E-state index is 0.0656. The number of carbonyl (C=O) groups is 3. The van der Waals surface area contributed by atoms with Gasteiger partial charge in [-0.15, -0.1) is 0 Å². The van der Waals surface area contributed by atoms with Crippen LogP contribution in [0.25, 0.3) is 0 Å². The van der Waals surface area contributed by atoms with E-state index >= 15 is 0 Å². The molecule has 3 amide bonds. The Hall–Kier alpha value is -4.21. The predicted molar refractivity (Wildman–Crippen MR) is 147 cm³/mol. The monoisotopic (exact) mass is 532 g/mol. The van der Waals surface area contributed by atoms with Crippen LogP contribution in [0.1, 0.15) is 80.5 Å². The van der Waals surface area contributed by atoms with E-state index in [1.807, 2.05) is 0 Å². The number of nitrogens with one attached hydrogen (secondary N) is 3. The number of ether oxygens (including phenoxy) is 1. The highest BCUT2D eigenvalue weighted by Crippen LogP contribution is 2.30. The number of aromatic nitrogens is 3. The van der Waals surface area contributed by atoms with Crippen molar-refractivity contribution in [2.75, 3.05) is 4.90 Å². The fourth-order valence-electron chi connectivity index (χ4n) is 4.63. The van der Waals surface area contributed by atoms with Gasteiger partial charge in [0.2, 0.25) is 5.91 Å². The van der Waals surface area contributed by atoms with Crippen LogP contribution < -0.4 is 15.5 Å². The van der Waals surface area contributed by atoms with E-state index in [0.29, 0.717) is 11.3 Å². The number of hydrogen-bond donors (Lipinski definition) is 3. The zero-order chi connectivity index (χ0) is 27.8. The number of H-pyrrole nitrogens is 1. The van der Waals surface area contributed by atoms with Crippen LogP contribution in [0.15, 0.2) is 61.3 Å². The van der Waals surface area contributed by atoms with Gasteiger partial charge in [-0.2, -0.15) is 0 Å². The van der Waals surface area contributed by atoms with Crippen LogP contribution in [0.4, 0.5) is 10.5 Å². The van der Waals surface area contributed by atoms with Crippen molar-refractivity contribution in [3.8, 4) is 0 Å². The number of amides is 3. The number of anilines is 1. The summed E-state index contributed by atoms with van der Waals surface area (Å²) in [6.45, 7) is 5.65. The van der Waals surface area contributed by atoms with Crippen LogP contribution in [-0.2, 0) is 16.1 Å². The Labute approximate surface area is 228 Å². The van der Waals surface area contributed by atoms with Crippen molar-refractivity contribution in [1.82, 2.24) is 25.6 Å². The molecule has 1 aliphatic rings. The Morgan fingerprint density at radius 1 is 1.05 bits per heavy atom. The van der Waals surface area contributed by atoms with Crippen LogP contribution in [0.5, 0.6) is 0 Å². The molecule has 0 aliphatic heterocycles. The summed E-state index contributed by atoms with van der Waals surface area (Å²) in [5.41, 5.74) is 1.58. The highest BCUT2D eigenvalue weighted by Gasteiger charge is 2.35. The van der Waals surface area contributed by atoms with Gasteiger partial charge in [0.1, 0.15) is 17.3 Å². The molecule has 1 aliphatic carbocycles. The van der Waals surface area contributed by atoms with Crippen molar-refractivity contribution >= 4 is 23.6 Å². The SMILES string of the molecule is CC(C)(C)OC(=O)NCc1ccc(N(C(=O)c2cnc[nH]2)C(C(=O)NC2CCCCC2)c2cccnc2)cc1. The number of aromatic amines is 1. The lowest BCUT2D eigenvalue weighted by Gasteiger charge is -2.33. The number of hydrogen-bond acceptors (Lipinski definition) is 6. The summed E-state index contributed by atoms with van der Waals surface area (Å²) in [6.07, 6.45) is 10.7. The molecule has 3 aromatic rings. The average Bonchev–Trinajstić information content (AvgIpc) is 3.46. The number of imidazole rings is 1. The Balaban J connectivity index is 1.64. The van der Waals surface area contributed by atoms with Gasteiger partial charge in [0.15, 0.2) is 0 Å². The van der Waals surface area contributed by atoms with Crippen molar-refractivity contribution in [2.45, 2.75) is 77.1 Å². The third-order valence-electron chi connectivity index (χ3n) is 6.46. The molecule has 1 fully saturated rings. The van der Waals surface area contributed by atoms with Gasteiger partial charge in [0.25, 0.3) is 5.91 Å². The Kier molecular flexibility index (Phi) is 8.96. The molecule has 1 saturated carbocycles. The maximum absolute atomic E-state index is 13.8. The van der Waals surface area contributed by atoms with Crippen LogP contribution in [0.2, 0.25) is 0 Å². The maximum Gasteiger partial charge on any atom is 0.407 e. The van der Waals surface area contributed by atoms with Gasteiger partial charge in [-0.25, -0.2) is 9.78 Å². The van der Waals surface area contributed by atoms with Crippen LogP contribution in [0, 0.1) is 0 Å². The van der Waals surface area contributed by atoms with Crippen LogP contribution in [0.3, 0.4) is 0 Å². The summed E-state index contributed by atoms with van der Waals surface area (Å²) in [7, 11) is 0. The molecular weight excluding hydrogens is 496 g/mol. The van der Waals surface area contributed by atoms with Crippen molar-refractivity contribution < 1.29 is 19.1 Å². The van der Waals surface area contributed by atoms with Crippen molar-refractivity contribution in [2.24, 2.45) is 0 Å². The van der Waals surface area contributed by atoms with Gasteiger partial charge in [0, 0.05) is 36.2 Å². The van der Waals surface area contributed by atoms with E-state index in [-0.39, 0.29) is 24.2 Å². The molecule has 2 aromatic heterocycles. The zero-order valence-electron chi connectivity index (χ0n) is 22.6. The van der Waals surface area contributed by atoms with Crippen molar-refractivity contribution in [3.63, 3.8) is 0 Å². The lowest BCUT2D eigenvalue weighted by Crippen LogP contribution is -2.47. The minimum Gasteiger partial charge on any atom is -0.444 e. The molecule has 10 nitrogen and oxygen atoms in total. The summed E-state index contributed by atoms with van der Waals surface area (Å²) in [6, 6.07) is 9.79. The molecule has 206 valence electrons. The molecule has 10 heteroatoms. The third-order valence-corrected chi connectivity index (χ3v) is 6.46. The third kappa shape index (κ3) is 7.66. The normalized spacial score (nSPS) is 14.7. The average molecular weight is 533 g/mol. The molecule has 1 atom stereocenters. The number of nitrogens with zero attached hydrogens (tertiary/aromatic N) is 3. The molecule has 0 bridgehead atoms. The van der Waals surface area contributed by atoms with Gasteiger partial charge in [-0.3, -0.25) is 19.5 Å². The number of benzene rings is 1. The molecule has 4 rings (SSSR count). The molecule has 0 saturated heterocycles. The van der Waals surface area contributed by atoms with E-state index in [1.165, 1.54) is 17.4 Å². The Morgan fingerprint density at radius 3 is 2.41 bits per heavy atom. The summed E-state index contributed by atoms with van der Waals surface area (Å²) >= 11 is 0. The first-order chi connectivity index (χ1) is 18.7. The van der Waals surface area contributed by atoms with Crippen molar-refractivity contribution in [3.05, 3.63) is 78.1 Å². The number of pyridine rings is 1. The molecule has 1 unspecified atom stereocenters. The van der Waals surface area contributed by atoms with E-state index < -0.39 is 23.6 Å². The molecule has 0 spiro atoms. The minimum atomic E-state index is -0.956. The second kappa shape index (κ2) is 12.6. The van der Waals surface area contributed by atoms with Gasteiger partial charge in [-0.1, -0.05) is 37.5 Å². The quantitative estimate of drug-likeness (QED) is 0.387. The fraction of sp³-hybridized carbons (Fsp3) is 0.414. The van der Waals surface area contributed by atoms with Gasteiger partial charge in [-0.05, 0) is 57.4 Å². The van der Waals surface area contributed by atoms with E-state index in [1.54, 1.807) is 69.6 Å². The molecular formula is C29H36N6O4. The molecule has 39 heavy (non-hydrogen) atoms. The second-order valence-electron chi connectivity index (χ2n) is 10.7. The fourth-order valence-corrected chi connectivity index (χ4v) is 4.63. The lowest BCUT2D eigenvalue weighted by molar-refractivity contribution is -0.123. The summed E-state index contributed by atoms with van der Waals surface area (Å²) in [5.74, 6) is -0.668. The Bertz CT molecular complexity index is 1230.